The lowest BCUT2D eigenvalue weighted by Gasteiger charge is -2.27. The largest absolute Gasteiger partial charge is 0.357 e. The fourth-order valence-corrected chi connectivity index (χ4v) is 7.58. The van der Waals surface area contributed by atoms with Crippen molar-refractivity contribution in [2.45, 2.75) is 6.54 Å². The minimum Gasteiger partial charge on any atom is -0.357 e. The average molecular weight is 430 g/mol. The molecular formula is C25H24N3PS. The molecular weight excluding hydrogens is 405 g/mol. The summed E-state index contributed by atoms with van der Waals surface area (Å²) in [6, 6.07) is 35.5. The van der Waals surface area contributed by atoms with Gasteiger partial charge < -0.3 is 9.88 Å². The first-order valence-corrected chi connectivity index (χ1v) is 12.0. The minimum atomic E-state index is -2.34. The van der Waals surface area contributed by atoms with Crippen LogP contribution in [0.3, 0.4) is 0 Å². The molecule has 0 saturated heterocycles. The van der Waals surface area contributed by atoms with E-state index in [2.05, 4.69) is 95.9 Å². The van der Waals surface area contributed by atoms with Gasteiger partial charge in [0.25, 0.3) is 0 Å². The molecule has 0 saturated carbocycles. The topological polar surface area (TPSA) is 29.3 Å². The number of benzene rings is 3. The summed E-state index contributed by atoms with van der Waals surface area (Å²) in [5.74, 6) is 0. The maximum Gasteiger partial charge on any atom is 0.192 e. The van der Waals surface area contributed by atoms with Crippen molar-refractivity contribution in [1.29, 1.82) is 0 Å². The van der Waals surface area contributed by atoms with Gasteiger partial charge in [-0.05, 0) is 29.9 Å². The Labute approximate surface area is 183 Å². The molecule has 0 atom stereocenters. The van der Waals surface area contributed by atoms with Crippen molar-refractivity contribution < 1.29 is 0 Å². The maximum atomic E-state index is 5.76. The highest BCUT2D eigenvalue weighted by Crippen LogP contribution is 2.46. The standard InChI is InChI=1S/C25H24N3PS/c1-28-19-11-18-24(28)29(22-14-7-3-8-15-22,23-16-9-4-10-17-23)27-25(30)26-20-21-12-5-2-6-13-21/h2-19H,20H2,1H3,(H,26,30). The van der Waals surface area contributed by atoms with E-state index in [4.69, 9.17) is 17.0 Å². The molecule has 4 aromatic rings. The maximum absolute atomic E-state index is 5.76. The molecule has 0 aliphatic rings. The van der Waals surface area contributed by atoms with Crippen LogP contribution in [0.15, 0.2) is 114 Å². The molecule has 0 amide bonds. The van der Waals surface area contributed by atoms with Gasteiger partial charge in [-0.3, -0.25) is 0 Å². The lowest BCUT2D eigenvalue weighted by atomic mass is 10.2. The van der Waals surface area contributed by atoms with Crippen molar-refractivity contribution in [3.63, 3.8) is 0 Å². The lowest BCUT2D eigenvalue weighted by Crippen LogP contribution is -2.31. The molecule has 150 valence electrons. The van der Waals surface area contributed by atoms with E-state index in [9.17, 15) is 0 Å². The zero-order valence-corrected chi connectivity index (χ0v) is 18.6. The number of aromatic nitrogens is 1. The van der Waals surface area contributed by atoms with Gasteiger partial charge in [0.05, 0.1) is 12.5 Å². The molecule has 0 radical (unpaired) electrons. The van der Waals surface area contributed by atoms with Crippen molar-refractivity contribution in [3.05, 3.63) is 115 Å². The van der Waals surface area contributed by atoms with Crippen molar-refractivity contribution in [2.24, 2.45) is 11.8 Å². The summed E-state index contributed by atoms with van der Waals surface area (Å²) < 4.78 is 7.44. The molecule has 0 spiro atoms. The predicted molar refractivity (Wildman–Crippen MR) is 132 cm³/mol. The monoisotopic (exact) mass is 429 g/mol. The van der Waals surface area contributed by atoms with E-state index in [-0.39, 0.29) is 0 Å². The SMILES string of the molecule is Cn1cccc1P(=NC(=S)NCc1ccccc1)(c1ccccc1)c1ccccc1. The van der Waals surface area contributed by atoms with Gasteiger partial charge in [0.1, 0.15) is 0 Å². The highest BCUT2D eigenvalue weighted by atomic mass is 32.1. The molecule has 1 heterocycles. The number of nitrogens with one attached hydrogen (secondary N) is 1. The third-order valence-corrected chi connectivity index (χ3v) is 9.12. The number of rotatable bonds is 5. The highest BCUT2D eigenvalue weighted by molar-refractivity contribution is 7.88. The van der Waals surface area contributed by atoms with Crippen LogP contribution >= 0.6 is 19.3 Å². The van der Waals surface area contributed by atoms with Gasteiger partial charge in [-0.25, -0.2) is 4.74 Å². The van der Waals surface area contributed by atoms with Crippen LogP contribution in [0.25, 0.3) is 0 Å². The van der Waals surface area contributed by atoms with Gasteiger partial charge in [0.15, 0.2) is 5.11 Å². The van der Waals surface area contributed by atoms with Crippen LogP contribution < -0.4 is 21.4 Å². The molecule has 30 heavy (non-hydrogen) atoms. The zero-order chi connectivity index (χ0) is 20.8. The quantitative estimate of drug-likeness (QED) is 0.372. The summed E-state index contributed by atoms with van der Waals surface area (Å²) >= 11 is 5.76. The molecule has 4 rings (SSSR count). The van der Waals surface area contributed by atoms with Gasteiger partial charge in [-0.15, -0.1) is 0 Å². The molecule has 0 unspecified atom stereocenters. The van der Waals surface area contributed by atoms with E-state index in [1.54, 1.807) is 0 Å². The Morgan fingerprint density at radius 1 is 0.800 bits per heavy atom. The van der Waals surface area contributed by atoms with E-state index in [1.165, 1.54) is 21.6 Å². The summed E-state index contributed by atoms with van der Waals surface area (Å²) in [6.45, 7) is 0.653. The summed E-state index contributed by atoms with van der Waals surface area (Å²) in [5.41, 5.74) is 2.35. The van der Waals surface area contributed by atoms with Crippen molar-refractivity contribution in [1.82, 2.24) is 9.88 Å². The van der Waals surface area contributed by atoms with Crippen LogP contribution in [0.5, 0.6) is 0 Å². The Balaban J connectivity index is 1.87. The molecule has 3 nitrogen and oxygen atoms in total. The van der Waals surface area contributed by atoms with E-state index in [1.807, 2.05) is 30.3 Å². The summed E-state index contributed by atoms with van der Waals surface area (Å²) in [6.07, 6.45) is 2.08. The zero-order valence-electron chi connectivity index (χ0n) is 16.8. The van der Waals surface area contributed by atoms with Crippen molar-refractivity contribution in [3.8, 4) is 0 Å². The minimum absolute atomic E-state index is 0.529. The summed E-state index contributed by atoms with van der Waals surface area (Å²) in [7, 11) is -0.261. The first kappa shape index (κ1) is 20.3. The highest BCUT2D eigenvalue weighted by Gasteiger charge is 2.30. The van der Waals surface area contributed by atoms with E-state index >= 15 is 0 Å². The first-order valence-electron chi connectivity index (χ1n) is 9.87. The van der Waals surface area contributed by atoms with Crippen LogP contribution in [-0.2, 0) is 13.6 Å². The van der Waals surface area contributed by atoms with Gasteiger partial charge in [0, 0.05) is 30.4 Å². The van der Waals surface area contributed by atoms with Crippen LogP contribution in [0.1, 0.15) is 5.56 Å². The third-order valence-electron chi connectivity index (χ3n) is 5.04. The predicted octanol–water partition coefficient (Wildman–Crippen LogP) is 4.58. The second-order valence-corrected chi connectivity index (χ2v) is 10.4. The molecule has 1 N–H and O–H groups in total. The van der Waals surface area contributed by atoms with E-state index in [0.29, 0.717) is 11.7 Å². The normalized spacial score (nSPS) is 11.1. The molecule has 0 fully saturated rings. The lowest BCUT2D eigenvalue weighted by molar-refractivity contribution is 0.921. The molecule has 5 heteroatoms. The van der Waals surface area contributed by atoms with Gasteiger partial charge in [-0.2, -0.15) is 0 Å². The Kier molecular flexibility index (Phi) is 6.27. The summed E-state index contributed by atoms with van der Waals surface area (Å²) in [4.78, 5) is 0. The van der Waals surface area contributed by atoms with Crippen LogP contribution in [0, 0.1) is 0 Å². The Hall–Kier alpha value is -2.94. The Bertz CT molecular complexity index is 1130. The van der Waals surface area contributed by atoms with Gasteiger partial charge >= 0.3 is 0 Å². The van der Waals surface area contributed by atoms with E-state index in [0.717, 1.165) is 0 Å². The van der Waals surface area contributed by atoms with Crippen LogP contribution in [0.2, 0.25) is 0 Å². The average Bonchev–Trinajstić information content (AvgIpc) is 3.24. The van der Waals surface area contributed by atoms with E-state index < -0.39 is 7.05 Å². The number of aryl methyl sites for hydroxylation is 1. The molecule has 0 bridgehead atoms. The van der Waals surface area contributed by atoms with Crippen molar-refractivity contribution in [2.75, 3.05) is 0 Å². The second-order valence-electron chi connectivity index (χ2n) is 7.03. The smallest absolute Gasteiger partial charge is 0.192 e. The van der Waals surface area contributed by atoms with Gasteiger partial charge in [-0.1, -0.05) is 91.0 Å². The fraction of sp³-hybridized carbons (Fsp3) is 0.0800. The first-order chi connectivity index (χ1) is 14.7. The number of nitrogens with zero attached hydrogens (tertiary/aromatic N) is 2. The molecule has 0 aliphatic heterocycles. The van der Waals surface area contributed by atoms with Crippen LogP contribution in [0.4, 0.5) is 0 Å². The Morgan fingerprint density at radius 2 is 1.33 bits per heavy atom. The second kappa shape index (κ2) is 9.25. The number of hydrogen-bond acceptors (Lipinski definition) is 1. The molecule has 1 aromatic heterocycles. The molecule has 0 aliphatic carbocycles. The number of thiocarbonyl (C=S) groups is 1. The molecule has 3 aromatic carbocycles. The van der Waals surface area contributed by atoms with Crippen molar-refractivity contribution >= 4 is 40.4 Å². The summed E-state index contributed by atoms with van der Waals surface area (Å²) in [5, 5.41) is 6.25. The van der Waals surface area contributed by atoms with Gasteiger partial charge in [0.2, 0.25) is 0 Å². The number of hydrogen-bond donors (Lipinski definition) is 1. The Morgan fingerprint density at radius 3 is 1.83 bits per heavy atom. The fourth-order valence-electron chi connectivity index (χ4n) is 3.60. The van der Waals surface area contributed by atoms with Crippen LogP contribution in [-0.4, -0.2) is 9.68 Å². The third kappa shape index (κ3) is 4.16.